The minimum absolute atomic E-state index is 0.0795. The number of hydrogen-bond donors (Lipinski definition) is 1. The molecule has 2 atom stereocenters. The van der Waals surface area contributed by atoms with Gasteiger partial charge in [-0.15, -0.1) is 11.3 Å². The Hall–Kier alpha value is -1.36. The quantitative estimate of drug-likeness (QED) is 0.839. The minimum atomic E-state index is -0.322. The van der Waals surface area contributed by atoms with Gasteiger partial charge in [0.1, 0.15) is 0 Å². The Morgan fingerprint density at radius 2 is 2.38 bits per heavy atom. The number of amides is 2. The molecule has 16 heavy (non-hydrogen) atoms. The van der Waals surface area contributed by atoms with Crippen molar-refractivity contribution in [2.75, 3.05) is 7.05 Å². The normalized spacial score (nSPS) is 25.8. The van der Waals surface area contributed by atoms with Gasteiger partial charge in [-0.25, -0.2) is 0 Å². The fraction of sp³-hybridized carbons (Fsp3) is 0.455. The smallest absolute Gasteiger partial charge is 0.223 e. The van der Waals surface area contributed by atoms with E-state index in [1.54, 1.807) is 23.3 Å². The van der Waals surface area contributed by atoms with E-state index in [2.05, 4.69) is 0 Å². The third-order valence-electron chi connectivity index (χ3n) is 3.06. The molecule has 5 heteroatoms. The van der Waals surface area contributed by atoms with Crippen molar-refractivity contribution in [3.05, 3.63) is 22.4 Å². The maximum absolute atomic E-state index is 11.6. The van der Waals surface area contributed by atoms with E-state index in [1.165, 1.54) is 0 Å². The number of carbonyl (C=O) groups excluding carboxylic acids is 2. The van der Waals surface area contributed by atoms with E-state index < -0.39 is 0 Å². The van der Waals surface area contributed by atoms with Gasteiger partial charge in [-0.2, -0.15) is 0 Å². The molecule has 1 aromatic rings. The van der Waals surface area contributed by atoms with Gasteiger partial charge in [-0.3, -0.25) is 9.59 Å². The fourth-order valence-corrected chi connectivity index (χ4v) is 3.12. The monoisotopic (exact) mass is 238 g/mol. The number of rotatable bonds is 2. The predicted octanol–water partition coefficient (Wildman–Crippen LogP) is 1.14. The highest BCUT2D eigenvalue weighted by Gasteiger charge is 2.38. The van der Waals surface area contributed by atoms with Gasteiger partial charge in [0, 0.05) is 18.3 Å². The number of primary amides is 1. The zero-order chi connectivity index (χ0) is 11.7. The second-order valence-electron chi connectivity index (χ2n) is 4.01. The van der Waals surface area contributed by atoms with Gasteiger partial charge in [0.25, 0.3) is 0 Å². The summed E-state index contributed by atoms with van der Waals surface area (Å²) in [6.07, 6.45) is 0.965. The van der Waals surface area contributed by atoms with Gasteiger partial charge in [0.05, 0.1) is 12.0 Å². The van der Waals surface area contributed by atoms with Crippen molar-refractivity contribution >= 4 is 23.2 Å². The van der Waals surface area contributed by atoms with Crippen LogP contribution in [0.25, 0.3) is 0 Å². The average molecular weight is 238 g/mol. The fourth-order valence-electron chi connectivity index (χ4n) is 2.18. The lowest BCUT2D eigenvalue weighted by molar-refractivity contribution is -0.140. The number of nitrogens with zero attached hydrogens (tertiary/aromatic N) is 1. The van der Waals surface area contributed by atoms with Crippen molar-refractivity contribution in [3.8, 4) is 0 Å². The van der Waals surface area contributed by atoms with Crippen LogP contribution >= 0.6 is 11.3 Å². The lowest BCUT2D eigenvalue weighted by atomic mass is 9.87. The Kier molecular flexibility index (Phi) is 2.96. The van der Waals surface area contributed by atoms with Crippen LogP contribution in [0.4, 0.5) is 0 Å². The van der Waals surface area contributed by atoms with Crippen molar-refractivity contribution in [1.29, 1.82) is 0 Å². The summed E-state index contributed by atoms with van der Waals surface area (Å²) in [5.74, 6) is -0.505. The molecule has 0 spiro atoms. The van der Waals surface area contributed by atoms with Crippen LogP contribution in [0.3, 0.4) is 0 Å². The molecule has 2 heterocycles. The molecule has 0 aliphatic carbocycles. The van der Waals surface area contributed by atoms with Crippen LogP contribution in [0, 0.1) is 5.92 Å². The van der Waals surface area contributed by atoms with Gasteiger partial charge in [0.2, 0.25) is 11.8 Å². The van der Waals surface area contributed by atoms with E-state index in [0.717, 1.165) is 4.88 Å². The molecule has 2 N–H and O–H groups in total. The summed E-state index contributed by atoms with van der Waals surface area (Å²) in [5.41, 5.74) is 5.40. The molecule has 1 aliphatic heterocycles. The van der Waals surface area contributed by atoms with Crippen LogP contribution in [-0.4, -0.2) is 23.8 Å². The average Bonchev–Trinajstić information content (AvgIpc) is 2.74. The van der Waals surface area contributed by atoms with Gasteiger partial charge in [-0.05, 0) is 17.9 Å². The molecule has 2 amide bonds. The molecule has 1 aromatic heterocycles. The van der Waals surface area contributed by atoms with Crippen LogP contribution in [0.5, 0.6) is 0 Å². The molecule has 4 nitrogen and oxygen atoms in total. The summed E-state index contributed by atoms with van der Waals surface area (Å²) in [6.45, 7) is 0. The lowest BCUT2D eigenvalue weighted by Gasteiger charge is -2.36. The van der Waals surface area contributed by atoms with Crippen LogP contribution in [0.2, 0.25) is 0 Å². The zero-order valence-corrected chi connectivity index (χ0v) is 9.87. The SMILES string of the molecule is CN1C(=O)CC[C@@H](C(N)=O)[C@@H]1c1cccs1. The predicted molar refractivity (Wildman–Crippen MR) is 61.7 cm³/mol. The Balaban J connectivity index is 2.34. The second-order valence-corrected chi connectivity index (χ2v) is 4.99. The molecule has 1 aliphatic rings. The summed E-state index contributed by atoms with van der Waals surface area (Å²) in [6, 6.07) is 3.68. The highest BCUT2D eigenvalue weighted by atomic mass is 32.1. The van der Waals surface area contributed by atoms with Gasteiger partial charge in [-0.1, -0.05) is 6.07 Å². The van der Waals surface area contributed by atoms with Crippen LogP contribution < -0.4 is 5.73 Å². The molecular formula is C11H14N2O2S. The molecule has 0 unspecified atom stereocenters. The molecule has 0 bridgehead atoms. The first-order valence-electron chi connectivity index (χ1n) is 5.19. The van der Waals surface area contributed by atoms with Crippen molar-refractivity contribution in [2.24, 2.45) is 11.7 Å². The van der Waals surface area contributed by atoms with Gasteiger partial charge in [0.15, 0.2) is 0 Å². The number of piperidine rings is 1. The largest absolute Gasteiger partial charge is 0.369 e. The second kappa shape index (κ2) is 4.25. The van der Waals surface area contributed by atoms with Gasteiger partial charge >= 0.3 is 0 Å². The first-order chi connectivity index (χ1) is 7.61. The van der Waals surface area contributed by atoms with Crippen LogP contribution in [-0.2, 0) is 9.59 Å². The van der Waals surface area contributed by atoms with Gasteiger partial charge < -0.3 is 10.6 Å². The molecule has 0 aromatic carbocycles. The first kappa shape index (κ1) is 11.1. The minimum Gasteiger partial charge on any atom is -0.369 e. The van der Waals surface area contributed by atoms with E-state index in [1.807, 2.05) is 17.5 Å². The standard InChI is InChI=1S/C11H14N2O2S/c1-13-9(14)5-4-7(11(12)15)10(13)8-3-2-6-16-8/h2-3,6-7,10H,4-5H2,1H3,(H2,12,15)/t7-,10-/m1/s1. The number of carbonyl (C=O) groups is 2. The molecule has 86 valence electrons. The molecular weight excluding hydrogens is 224 g/mol. The Labute approximate surface area is 98.0 Å². The highest BCUT2D eigenvalue weighted by Crippen LogP contribution is 2.37. The summed E-state index contributed by atoms with van der Waals surface area (Å²) < 4.78 is 0. The summed E-state index contributed by atoms with van der Waals surface area (Å²) in [5, 5.41) is 1.94. The van der Waals surface area contributed by atoms with E-state index in [9.17, 15) is 9.59 Å². The van der Waals surface area contributed by atoms with Crippen molar-refractivity contribution in [1.82, 2.24) is 4.90 Å². The molecule has 0 radical (unpaired) electrons. The highest BCUT2D eigenvalue weighted by molar-refractivity contribution is 7.10. The summed E-state index contributed by atoms with van der Waals surface area (Å²) in [4.78, 5) is 25.7. The van der Waals surface area contributed by atoms with E-state index in [0.29, 0.717) is 12.8 Å². The molecule has 2 rings (SSSR count). The number of hydrogen-bond acceptors (Lipinski definition) is 3. The molecule has 0 saturated carbocycles. The van der Waals surface area contributed by atoms with Crippen molar-refractivity contribution in [3.63, 3.8) is 0 Å². The first-order valence-corrected chi connectivity index (χ1v) is 6.07. The topological polar surface area (TPSA) is 63.4 Å². The van der Waals surface area contributed by atoms with E-state index >= 15 is 0 Å². The number of thiophene rings is 1. The number of likely N-dealkylation sites (tertiary alicyclic amines) is 1. The van der Waals surface area contributed by atoms with Crippen molar-refractivity contribution in [2.45, 2.75) is 18.9 Å². The van der Waals surface area contributed by atoms with E-state index in [-0.39, 0.29) is 23.8 Å². The van der Waals surface area contributed by atoms with Crippen molar-refractivity contribution < 1.29 is 9.59 Å². The third kappa shape index (κ3) is 1.82. The van der Waals surface area contributed by atoms with Crippen LogP contribution in [0.1, 0.15) is 23.8 Å². The Bertz CT molecular complexity index is 402. The maximum atomic E-state index is 11.6. The zero-order valence-electron chi connectivity index (χ0n) is 9.05. The third-order valence-corrected chi connectivity index (χ3v) is 4.00. The van der Waals surface area contributed by atoms with E-state index in [4.69, 9.17) is 5.73 Å². The lowest BCUT2D eigenvalue weighted by Crippen LogP contribution is -2.44. The summed E-state index contributed by atoms with van der Waals surface area (Å²) in [7, 11) is 1.74. The molecule has 1 saturated heterocycles. The summed E-state index contributed by atoms with van der Waals surface area (Å²) >= 11 is 1.55. The molecule has 1 fully saturated rings. The maximum Gasteiger partial charge on any atom is 0.223 e. The van der Waals surface area contributed by atoms with Crippen LogP contribution in [0.15, 0.2) is 17.5 Å². The number of nitrogens with two attached hydrogens (primary N) is 1. The Morgan fingerprint density at radius 3 is 2.94 bits per heavy atom. The Morgan fingerprint density at radius 1 is 1.62 bits per heavy atom.